The van der Waals surface area contributed by atoms with E-state index in [9.17, 15) is 9.59 Å². The average molecular weight is 177 g/mol. The first-order chi connectivity index (χ1) is 6.20. The largest absolute Gasteiger partial charge is 0.417 e. The molecule has 0 atom stereocenters. The lowest BCUT2D eigenvalue weighted by Gasteiger charge is -2.00. The van der Waals surface area contributed by atoms with Gasteiger partial charge in [-0.3, -0.25) is 4.79 Å². The Kier molecular flexibility index (Phi) is 1.55. The Balaban J connectivity index is 3.11. The van der Waals surface area contributed by atoms with Crippen LogP contribution in [-0.2, 0) is 7.05 Å². The molecule has 0 amide bonds. The second-order valence-corrected chi connectivity index (χ2v) is 2.72. The van der Waals surface area contributed by atoms with Crippen LogP contribution in [0.5, 0.6) is 0 Å². The van der Waals surface area contributed by atoms with Crippen molar-refractivity contribution in [1.82, 2.24) is 4.57 Å². The van der Waals surface area contributed by atoms with Crippen LogP contribution in [0.25, 0.3) is 11.1 Å². The molecule has 1 heterocycles. The Morgan fingerprint density at radius 3 is 2.69 bits per heavy atom. The van der Waals surface area contributed by atoms with Crippen LogP contribution in [0.3, 0.4) is 0 Å². The van der Waals surface area contributed by atoms with Gasteiger partial charge >= 0.3 is 11.2 Å². The van der Waals surface area contributed by atoms with Crippen LogP contribution in [-0.4, -0.2) is 4.57 Å². The third-order valence-electron chi connectivity index (χ3n) is 1.91. The molecule has 0 aliphatic rings. The van der Waals surface area contributed by atoms with E-state index in [-0.39, 0.29) is 0 Å². The molecule has 0 aliphatic carbocycles. The Morgan fingerprint density at radius 2 is 1.92 bits per heavy atom. The number of fused-ring (bicyclic) bond motifs is 1. The van der Waals surface area contributed by atoms with Crippen molar-refractivity contribution in [2.75, 3.05) is 0 Å². The van der Waals surface area contributed by atoms with Gasteiger partial charge in [0.05, 0.1) is 5.52 Å². The maximum Gasteiger partial charge on any atom is 0.402 e. The molecule has 0 saturated carbocycles. The maximum absolute atomic E-state index is 11.1. The van der Waals surface area contributed by atoms with Gasteiger partial charge in [-0.15, -0.1) is 0 Å². The number of benzene rings is 1. The minimum Gasteiger partial charge on any atom is -0.417 e. The monoisotopic (exact) mass is 177 g/mol. The Labute approximate surface area is 73.0 Å². The van der Waals surface area contributed by atoms with E-state index in [1.165, 1.54) is 4.57 Å². The summed E-state index contributed by atoms with van der Waals surface area (Å²) in [5.74, 6) is 0. The number of rotatable bonds is 0. The van der Waals surface area contributed by atoms with Gasteiger partial charge in [0.15, 0.2) is 5.58 Å². The number of hydrogen-bond donors (Lipinski definition) is 0. The Hall–Kier alpha value is -1.84. The standard InChI is InChI=1S/C9H7NO3/c1-10-6-4-2-3-5-7(6)13-9(12)8(10)11/h2-5H,1H3. The van der Waals surface area contributed by atoms with Gasteiger partial charge in [-0.1, -0.05) is 12.1 Å². The molecule has 0 saturated heterocycles. The van der Waals surface area contributed by atoms with Crippen molar-refractivity contribution >= 4 is 11.1 Å². The van der Waals surface area contributed by atoms with Crippen LogP contribution >= 0.6 is 0 Å². The van der Waals surface area contributed by atoms with E-state index < -0.39 is 11.2 Å². The third-order valence-corrected chi connectivity index (χ3v) is 1.91. The van der Waals surface area contributed by atoms with Crippen LogP contribution in [0, 0.1) is 0 Å². The van der Waals surface area contributed by atoms with Crippen LogP contribution in [0.1, 0.15) is 0 Å². The summed E-state index contributed by atoms with van der Waals surface area (Å²) >= 11 is 0. The molecule has 1 aromatic heterocycles. The van der Waals surface area contributed by atoms with E-state index in [1.54, 1.807) is 31.3 Å². The molecule has 0 N–H and O–H groups in total. The van der Waals surface area contributed by atoms with Crippen molar-refractivity contribution in [3.8, 4) is 0 Å². The molecule has 1 aromatic carbocycles. The Bertz CT molecular complexity index is 565. The van der Waals surface area contributed by atoms with E-state index in [2.05, 4.69) is 0 Å². The lowest BCUT2D eigenvalue weighted by atomic mass is 10.3. The summed E-state index contributed by atoms with van der Waals surface area (Å²) in [6.07, 6.45) is 0. The molecule has 0 bridgehead atoms. The van der Waals surface area contributed by atoms with E-state index in [0.29, 0.717) is 11.1 Å². The molecule has 13 heavy (non-hydrogen) atoms. The SMILES string of the molecule is Cn1c(=O)c(=O)oc2ccccc21. The van der Waals surface area contributed by atoms with Crippen molar-refractivity contribution < 1.29 is 4.42 Å². The molecule has 2 rings (SSSR count). The molecule has 4 nitrogen and oxygen atoms in total. The minimum absolute atomic E-state index is 0.426. The number of nitrogens with zero attached hydrogens (tertiary/aromatic N) is 1. The van der Waals surface area contributed by atoms with E-state index in [4.69, 9.17) is 4.42 Å². The van der Waals surface area contributed by atoms with E-state index in [0.717, 1.165) is 0 Å². The van der Waals surface area contributed by atoms with Crippen molar-refractivity contribution in [3.63, 3.8) is 0 Å². The second kappa shape index (κ2) is 2.58. The molecule has 4 heteroatoms. The summed E-state index contributed by atoms with van der Waals surface area (Å²) in [6.45, 7) is 0. The third kappa shape index (κ3) is 1.07. The van der Waals surface area contributed by atoms with Gasteiger partial charge < -0.3 is 8.98 Å². The topological polar surface area (TPSA) is 52.2 Å². The first kappa shape index (κ1) is 7.79. The van der Waals surface area contributed by atoms with Crippen LogP contribution < -0.4 is 11.2 Å². The molecule has 66 valence electrons. The molecular formula is C9H7NO3. The first-order valence-electron chi connectivity index (χ1n) is 3.79. The normalized spacial score (nSPS) is 10.5. The van der Waals surface area contributed by atoms with Crippen LogP contribution in [0.15, 0.2) is 38.3 Å². The smallest absolute Gasteiger partial charge is 0.402 e. The highest BCUT2D eigenvalue weighted by Crippen LogP contribution is 2.07. The molecule has 0 spiro atoms. The molecule has 0 unspecified atom stereocenters. The molecule has 0 fully saturated rings. The lowest BCUT2D eigenvalue weighted by molar-refractivity contribution is 0.533. The van der Waals surface area contributed by atoms with Gasteiger partial charge in [-0.05, 0) is 12.1 Å². The maximum atomic E-state index is 11.1. The minimum atomic E-state index is -0.832. The van der Waals surface area contributed by atoms with Crippen molar-refractivity contribution in [1.29, 1.82) is 0 Å². The van der Waals surface area contributed by atoms with Gasteiger partial charge in [0.25, 0.3) is 0 Å². The summed E-state index contributed by atoms with van der Waals surface area (Å²) in [5.41, 5.74) is -0.429. The van der Waals surface area contributed by atoms with Crippen molar-refractivity contribution in [2.24, 2.45) is 7.05 Å². The van der Waals surface area contributed by atoms with Gasteiger partial charge in [0, 0.05) is 7.05 Å². The lowest BCUT2D eigenvalue weighted by Crippen LogP contribution is -2.31. The Morgan fingerprint density at radius 1 is 1.23 bits per heavy atom. The zero-order valence-corrected chi connectivity index (χ0v) is 6.98. The second-order valence-electron chi connectivity index (χ2n) is 2.72. The molecule has 0 radical (unpaired) electrons. The highest BCUT2D eigenvalue weighted by molar-refractivity contribution is 5.71. The summed E-state index contributed by atoms with van der Waals surface area (Å²) in [4.78, 5) is 22.1. The van der Waals surface area contributed by atoms with Crippen molar-refractivity contribution in [3.05, 3.63) is 45.0 Å². The highest BCUT2D eigenvalue weighted by atomic mass is 16.4. The molecule has 0 aliphatic heterocycles. The van der Waals surface area contributed by atoms with E-state index in [1.807, 2.05) is 0 Å². The zero-order valence-electron chi connectivity index (χ0n) is 6.98. The fourth-order valence-corrected chi connectivity index (χ4v) is 1.21. The highest BCUT2D eigenvalue weighted by Gasteiger charge is 2.04. The average Bonchev–Trinajstić information content (AvgIpc) is 2.15. The number of aryl methyl sites for hydroxylation is 1. The van der Waals surface area contributed by atoms with Gasteiger partial charge in [-0.25, -0.2) is 4.79 Å². The fraction of sp³-hybridized carbons (Fsp3) is 0.111. The number of hydrogen-bond acceptors (Lipinski definition) is 3. The van der Waals surface area contributed by atoms with Gasteiger partial charge in [0.1, 0.15) is 0 Å². The molecule has 2 aromatic rings. The van der Waals surface area contributed by atoms with Gasteiger partial charge in [0.2, 0.25) is 0 Å². The van der Waals surface area contributed by atoms with Crippen LogP contribution in [0.4, 0.5) is 0 Å². The summed E-state index contributed by atoms with van der Waals surface area (Å²) in [6, 6.07) is 6.90. The van der Waals surface area contributed by atoms with Gasteiger partial charge in [-0.2, -0.15) is 0 Å². The van der Waals surface area contributed by atoms with Crippen LogP contribution in [0.2, 0.25) is 0 Å². The number of para-hydroxylation sites is 2. The fourth-order valence-electron chi connectivity index (χ4n) is 1.21. The summed E-state index contributed by atoms with van der Waals surface area (Å²) in [7, 11) is 1.54. The first-order valence-corrected chi connectivity index (χ1v) is 3.79. The summed E-state index contributed by atoms with van der Waals surface area (Å²) < 4.78 is 6.06. The van der Waals surface area contributed by atoms with Crippen molar-refractivity contribution in [2.45, 2.75) is 0 Å². The number of aromatic nitrogens is 1. The predicted molar refractivity (Wildman–Crippen MR) is 47.7 cm³/mol. The molecular weight excluding hydrogens is 170 g/mol. The quantitative estimate of drug-likeness (QED) is 0.550. The van der Waals surface area contributed by atoms with E-state index >= 15 is 0 Å². The predicted octanol–water partition coefficient (Wildman–Crippen LogP) is 0.492. The zero-order chi connectivity index (χ0) is 9.42. The summed E-state index contributed by atoms with van der Waals surface area (Å²) in [5, 5.41) is 0.